The number of likely N-dealkylation sites (tertiary alicyclic amines) is 1. The highest BCUT2D eigenvalue weighted by atomic mass is 16.6. The lowest BCUT2D eigenvalue weighted by atomic mass is 9.77. The molecule has 4 aliphatic rings. The number of esters is 1. The van der Waals surface area contributed by atoms with Crippen molar-refractivity contribution in [2.24, 2.45) is 11.8 Å². The third-order valence-electron chi connectivity index (χ3n) is 5.87. The molecule has 0 aromatic heterocycles. The van der Waals surface area contributed by atoms with Gasteiger partial charge in [-0.25, -0.2) is 0 Å². The van der Waals surface area contributed by atoms with Crippen molar-refractivity contribution in [1.82, 2.24) is 4.90 Å². The number of carbonyl (C=O) groups is 2. The average molecular weight is 319 g/mol. The van der Waals surface area contributed by atoms with E-state index in [2.05, 4.69) is 0 Å². The molecule has 1 amide bonds. The fourth-order valence-electron chi connectivity index (χ4n) is 4.80. The maximum atomic E-state index is 13.1. The summed E-state index contributed by atoms with van der Waals surface area (Å²) in [6, 6.07) is 0.319. The predicted molar refractivity (Wildman–Crippen MR) is 83.6 cm³/mol. The van der Waals surface area contributed by atoms with Gasteiger partial charge in [0.05, 0.1) is 25.2 Å². The van der Waals surface area contributed by atoms with Crippen LogP contribution >= 0.6 is 0 Å². The monoisotopic (exact) mass is 319 g/mol. The van der Waals surface area contributed by atoms with Gasteiger partial charge in [0.2, 0.25) is 5.91 Å². The lowest BCUT2D eigenvalue weighted by molar-refractivity contribution is -0.154. The molecule has 5 nitrogen and oxygen atoms in total. The standard InChI is InChI=1S/C18H25NO4/c1-2-10-22-17(21)14-13-8-9-18(23-13)11-19(16(20)15(14)18)12-6-4-3-5-7-12/h8-9,12-15H,2-7,10-11H2,1H3/t13-,14+,15+,18-/m0/s1. The SMILES string of the molecule is CCCOC(=O)[C@@H]1[C@@H]2C=C[C@@]3(CN(C4CCCCC4)C(=O)[C@@H]13)O2. The topological polar surface area (TPSA) is 55.8 Å². The molecule has 0 N–H and O–H groups in total. The molecule has 1 aliphatic carbocycles. The van der Waals surface area contributed by atoms with Crippen LogP contribution < -0.4 is 0 Å². The van der Waals surface area contributed by atoms with E-state index in [1.807, 2.05) is 24.0 Å². The Labute approximate surface area is 137 Å². The zero-order valence-corrected chi connectivity index (χ0v) is 13.7. The summed E-state index contributed by atoms with van der Waals surface area (Å²) in [4.78, 5) is 27.5. The molecular formula is C18H25NO4. The Morgan fingerprint density at radius 1 is 1.39 bits per heavy atom. The van der Waals surface area contributed by atoms with Crippen molar-refractivity contribution in [2.75, 3.05) is 13.2 Å². The molecule has 3 fully saturated rings. The summed E-state index contributed by atoms with van der Waals surface area (Å²) in [5, 5.41) is 0. The average Bonchev–Trinajstić information content (AvgIpc) is 3.22. The van der Waals surface area contributed by atoms with Gasteiger partial charge in [0.15, 0.2) is 0 Å². The molecule has 4 rings (SSSR count). The lowest BCUT2D eigenvalue weighted by Crippen LogP contribution is -2.42. The van der Waals surface area contributed by atoms with Crippen molar-refractivity contribution in [3.05, 3.63) is 12.2 Å². The first-order chi connectivity index (χ1) is 11.2. The molecule has 126 valence electrons. The molecule has 1 saturated carbocycles. The second kappa shape index (κ2) is 5.62. The van der Waals surface area contributed by atoms with Gasteiger partial charge in [-0.2, -0.15) is 0 Å². The van der Waals surface area contributed by atoms with Gasteiger partial charge in [-0.3, -0.25) is 9.59 Å². The van der Waals surface area contributed by atoms with Crippen LogP contribution in [0.4, 0.5) is 0 Å². The molecule has 3 heterocycles. The summed E-state index contributed by atoms with van der Waals surface area (Å²) in [5.74, 6) is -1.02. The quantitative estimate of drug-likeness (QED) is 0.588. The van der Waals surface area contributed by atoms with E-state index in [-0.39, 0.29) is 23.9 Å². The van der Waals surface area contributed by atoms with Crippen LogP contribution in [0.1, 0.15) is 45.4 Å². The van der Waals surface area contributed by atoms with Crippen LogP contribution in [0.2, 0.25) is 0 Å². The molecule has 23 heavy (non-hydrogen) atoms. The Bertz CT molecular complexity index is 539. The van der Waals surface area contributed by atoms with Crippen LogP contribution in [0.15, 0.2) is 12.2 Å². The predicted octanol–water partition coefficient (Wildman–Crippen LogP) is 2.05. The van der Waals surface area contributed by atoms with Gasteiger partial charge in [-0.1, -0.05) is 38.3 Å². The van der Waals surface area contributed by atoms with E-state index in [4.69, 9.17) is 9.47 Å². The first kappa shape index (κ1) is 15.2. The molecule has 0 unspecified atom stereocenters. The number of rotatable bonds is 4. The van der Waals surface area contributed by atoms with Crippen LogP contribution in [-0.4, -0.2) is 47.7 Å². The number of nitrogens with zero attached hydrogens (tertiary/aromatic N) is 1. The van der Waals surface area contributed by atoms with Gasteiger partial charge in [0.1, 0.15) is 11.5 Å². The number of fused-ring (bicyclic) bond motifs is 1. The molecule has 4 atom stereocenters. The largest absolute Gasteiger partial charge is 0.465 e. The Morgan fingerprint density at radius 3 is 2.91 bits per heavy atom. The Morgan fingerprint density at radius 2 is 2.17 bits per heavy atom. The zero-order valence-electron chi connectivity index (χ0n) is 13.7. The van der Waals surface area contributed by atoms with Crippen molar-refractivity contribution < 1.29 is 19.1 Å². The first-order valence-electron chi connectivity index (χ1n) is 9.00. The van der Waals surface area contributed by atoms with E-state index in [0.717, 1.165) is 19.3 Å². The maximum absolute atomic E-state index is 13.1. The van der Waals surface area contributed by atoms with Crippen molar-refractivity contribution in [2.45, 2.75) is 63.2 Å². The van der Waals surface area contributed by atoms with Gasteiger partial charge < -0.3 is 14.4 Å². The first-order valence-corrected chi connectivity index (χ1v) is 9.00. The fourth-order valence-corrected chi connectivity index (χ4v) is 4.80. The Hall–Kier alpha value is -1.36. The summed E-state index contributed by atoms with van der Waals surface area (Å²) in [6.07, 6.45) is 10.3. The summed E-state index contributed by atoms with van der Waals surface area (Å²) < 4.78 is 11.5. The van der Waals surface area contributed by atoms with E-state index in [9.17, 15) is 9.59 Å². The minimum atomic E-state index is -0.588. The van der Waals surface area contributed by atoms with Crippen LogP contribution in [0.3, 0.4) is 0 Å². The van der Waals surface area contributed by atoms with Crippen LogP contribution in [0.5, 0.6) is 0 Å². The normalized spacial score (nSPS) is 39.1. The Balaban J connectivity index is 1.56. The summed E-state index contributed by atoms with van der Waals surface area (Å²) in [5.41, 5.74) is -0.588. The lowest BCUT2D eigenvalue weighted by Gasteiger charge is -2.32. The molecule has 0 aromatic rings. The fraction of sp³-hybridized carbons (Fsp3) is 0.778. The third-order valence-corrected chi connectivity index (χ3v) is 5.87. The summed E-state index contributed by atoms with van der Waals surface area (Å²) >= 11 is 0. The molecule has 1 spiro atoms. The number of hydrogen-bond acceptors (Lipinski definition) is 4. The second-order valence-corrected chi connectivity index (χ2v) is 7.33. The van der Waals surface area contributed by atoms with Crippen molar-refractivity contribution in [3.63, 3.8) is 0 Å². The van der Waals surface area contributed by atoms with Crippen LogP contribution in [0.25, 0.3) is 0 Å². The van der Waals surface area contributed by atoms with Crippen molar-refractivity contribution in [3.8, 4) is 0 Å². The smallest absolute Gasteiger partial charge is 0.312 e. The number of carbonyl (C=O) groups excluding carboxylic acids is 2. The number of hydrogen-bond donors (Lipinski definition) is 0. The zero-order chi connectivity index (χ0) is 16.0. The van der Waals surface area contributed by atoms with Gasteiger partial charge in [0, 0.05) is 6.04 Å². The van der Waals surface area contributed by atoms with E-state index in [0.29, 0.717) is 19.2 Å². The minimum absolute atomic E-state index is 0.0993. The van der Waals surface area contributed by atoms with E-state index < -0.39 is 11.5 Å². The minimum Gasteiger partial charge on any atom is -0.465 e. The maximum Gasteiger partial charge on any atom is 0.312 e. The summed E-state index contributed by atoms with van der Waals surface area (Å²) in [7, 11) is 0. The molecule has 3 aliphatic heterocycles. The number of amides is 1. The highest BCUT2D eigenvalue weighted by Crippen LogP contribution is 2.53. The third kappa shape index (κ3) is 2.24. The molecule has 5 heteroatoms. The van der Waals surface area contributed by atoms with Gasteiger partial charge in [-0.05, 0) is 19.3 Å². The van der Waals surface area contributed by atoms with Crippen LogP contribution in [0, 0.1) is 11.8 Å². The van der Waals surface area contributed by atoms with Crippen molar-refractivity contribution >= 4 is 11.9 Å². The van der Waals surface area contributed by atoms with Crippen molar-refractivity contribution in [1.29, 1.82) is 0 Å². The molecule has 2 saturated heterocycles. The molecule has 0 radical (unpaired) electrons. The van der Waals surface area contributed by atoms with Gasteiger partial charge >= 0.3 is 5.97 Å². The Kier molecular flexibility index (Phi) is 3.71. The molecular weight excluding hydrogens is 294 g/mol. The van der Waals surface area contributed by atoms with E-state index >= 15 is 0 Å². The number of ether oxygens (including phenoxy) is 2. The van der Waals surface area contributed by atoms with Gasteiger partial charge in [-0.15, -0.1) is 0 Å². The second-order valence-electron chi connectivity index (χ2n) is 7.33. The highest BCUT2D eigenvalue weighted by molar-refractivity contribution is 5.91. The molecule has 2 bridgehead atoms. The highest BCUT2D eigenvalue weighted by Gasteiger charge is 2.67. The van der Waals surface area contributed by atoms with E-state index in [1.54, 1.807) is 0 Å². The van der Waals surface area contributed by atoms with Crippen LogP contribution in [-0.2, 0) is 19.1 Å². The summed E-state index contributed by atoms with van der Waals surface area (Å²) in [6.45, 7) is 2.98. The van der Waals surface area contributed by atoms with E-state index in [1.165, 1.54) is 19.3 Å². The molecule has 0 aromatic carbocycles. The van der Waals surface area contributed by atoms with Gasteiger partial charge in [0.25, 0.3) is 0 Å².